The molecule has 308 valence electrons. The molecule has 1 aliphatic rings. The zero-order valence-corrected chi connectivity index (χ0v) is 35.7. The summed E-state index contributed by atoms with van der Waals surface area (Å²) in [6, 6.07) is 81.2. The summed E-state index contributed by atoms with van der Waals surface area (Å²) in [5.41, 5.74) is 9.87. The van der Waals surface area contributed by atoms with Crippen LogP contribution in [-0.4, -0.2) is 20.8 Å². The van der Waals surface area contributed by atoms with Gasteiger partial charge >= 0.3 is 0 Å². The van der Waals surface area contributed by atoms with Crippen molar-refractivity contribution < 1.29 is 0 Å². The molecule has 1 atom stereocenters. The van der Waals surface area contributed by atoms with Crippen LogP contribution in [0.25, 0.3) is 98.1 Å². The molecule has 14 rings (SSSR count). The van der Waals surface area contributed by atoms with Crippen LogP contribution in [0, 0.1) is 0 Å². The Morgan fingerprint density at radius 3 is 1.85 bits per heavy atom. The summed E-state index contributed by atoms with van der Waals surface area (Å²) < 4.78 is 4.89. The molecule has 3 heterocycles. The van der Waals surface area contributed by atoms with Crippen LogP contribution in [-0.2, 0) is 0 Å². The van der Waals surface area contributed by atoms with Crippen molar-refractivity contribution in [2.75, 3.05) is 0 Å². The number of aromatic nitrogens is 2. The number of rotatable bonds is 5. The molecular weight excluding hydrogens is 803 g/mol. The highest BCUT2D eigenvalue weighted by atomic mass is 15.2. The van der Waals surface area contributed by atoms with Gasteiger partial charge in [-0.1, -0.05) is 170 Å². The van der Waals surface area contributed by atoms with Crippen LogP contribution in [0.2, 0.25) is 0 Å². The van der Waals surface area contributed by atoms with E-state index >= 15 is 0 Å². The maximum atomic E-state index is 5.41. The number of aliphatic imine (C=N–C) groups is 2. The summed E-state index contributed by atoms with van der Waals surface area (Å²) in [6.07, 6.45) is -0.434. The topological polar surface area (TPSA) is 46.6 Å². The Bertz CT molecular complexity index is 4210. The van der Waals surface area contributed by atoms with Gasteiger partial charge < -0.3 is 14.5 Å². The lowest BCUT2D eigenvalue weighted by atomic mass is 9.99. The molecule has 13 aromatic rings. The second-order valence-corrected chi connectivity index (χ2v) is 17.4. The molecule has 5 nitrogen and oxygen atoms in total. The lowest BCUT2D eigenvalue weighted by Gasteiger charge is -2.26. The van der Waals surface area contributed by atoms with Gasteiger partial charge in [0.25, 0.3) is 0 Å². The number of hydrogen-bond acceptors (Lipinski definition) is 3. The average molecular weight is 842 g/mol. The van der Waals surface area contributed by atoms with E-state index in [0.717, 1.165) is 44.9 Å². The second-order valence-electron chi connectivity index (χ2n) is 17.4. The highest BCUT2D eigenvalue weighted by Gasteiger charge is 2.26. The third-order valence-corrected chi connectivity index (χ3v) is 13.7. The molecule has 5 heteroatoms. The fourth-order valence-electron chi connectivity index (χ4n) is 10.7. The Morgan fingerprint density at radius 2 is 0.985 bits per heavy atom. The van der Waals surface area contributed by atoms with Crippen LogP contribution >= 0.6 is 0 Å². The lowest BCUT2D eigenvalue weighted by Crippen LogP contribution is -2.34. The van der Waals surface area contributed by atoms with Crippen molar-refractivity contribution in [2.24, 2.45) is 9.98 Å². The van der Waals surface area contributed by atoms with Crippen LogP contribution in [0.4, 0.5) is 0 Å². The summed E-state index contributed by atoms with van der Waals surface area (Å²) in [5.74, 6) is 1.48. The molecule has 0 spiro atoms. The molecule has 0 amide bonds. The van der Waals surface area contributed by atoms with Crippen LogP contribution in [0.3, 0.4) is 0 Å². The summed E-state index contributed by atoms with van der Waals surface area (Å²) in [4.78, 5) is 10.6. The first kappa shape index (κ1) is 36.7. The van der Waals surface area contributed by atoms with Crippen molar-refractivity contribution in [2.45, 2.75) is 6.17 Å². The van der Waals surface area contributed by atoms with Crippen LogP contribution in [0.1, 0.15) is 22.9 Å². The van der Waals surface area contributed by atoms with E-state index in [1.54, 1.807) is 0 Å². The quantitative estimate of drug-likeness (QED) is 0.172. The van der Waals surface area contributed by atoms with Gasteiger partial charge in [-0.05, 0) is 97.7 Å². The van der Waals surface area contributed by atoms with Crippen molar-refractivity contribution >= 4 is 98.4 Å². The number of hydrogen-bond donors (Lipinski definition) is 1. The number of nitrogens with one attached hydrogen (secondary N) is 1. The molecule has 0 radical (unpaired) electrons. The summed E-state index contributed by atoms with van der Waals surface area (Å²) >= 11 is 0. The smallest absolute Gasteiger partial charge is 0.159 e. The molecule has 66 heavy (non-hydrogen) atoms. The monoisotopic (exact) mass is 841 g/mol. The van der Waals surface area contributed by atoms with Gasteiger partial charge in [0.1, 0.15) is 12.0 Å². The maximum absolute atomic E-state index is 5.41. The minimum absolute atomic E-state index is 0.434. The Morgan fingerprint density at radius 1 is 0.364 bits per heavy atom. The molecule has 2 aromatic heterocycles. The molecular formula is C61H39N5. The van der Waals surface area contributed by atoms with Crippen molar-refractivity contribution in [3.63, 3.8) is 0 Å². The average Bonchev–Trinajstić information content (AvgIpc) is 3.90. The van der Waals surface area contributed by atoms with E-state index in [1.807, 2.05) is 6.07 Å². The van der Waals surface area contributed by atoms with Gasteiger partial charge in [-0.15, -0.1) is 0 Å². The van der Waals surface area contributed by atoms with Crippen LogP contribution < -0.4 is 5.32 Å². The molecule has 0 saturated carbocycles. The van der Waals surface area contributed by atoms with E-state index in [2.05, 4.69) is 233 Å². The maximum Gasteiger partial charge on any atom is 0.159 e. The zero-order chi connectivity index (χ0) is 43.3. The minimum atomic E-state index is -0.434. The number of fused-ring (bicyclic) bond motifs is 12. The largest absolute Gasteiger partial charge is 0.344 e. The first-order valence-electron chi connectivity index (χ1n) is 22.6. The Kier molecular flexibility index (Phi) is 7.98. The predicted octanol–water partition coefficient (Wildman–Crippen LogP) is 15.0. The Labute approximate surface area is 379 Å². The van der Waals surface area contributed by atoms with Gasteiger partial charge in [-0.25, -0.2) is 9.98 Å². The van der Waals surface area contributed by atoms with E-state index in [-0.39, 0.29) is 0 Å². The minimum Gasteiger partial charge on any atom is -0.344 e. The first-order valence-corrected chi connectivity index (χ1v) is 22.6. The second kappa shape index (κ2) is 14.4. The van der Waals surface area contributed by atoms with E-state index in [9.17, 15) is 0 Å². The highest BCUT2D eigenvalue weighted by Crippen LogP contribution is 2.41. The lowest BCUT2D eigenvalue weighted by molar-refractivity contribution is 0.671. The predicted molar refractivity (Wildman–Crippen MR) is 277 cm³/mol. The van der Waals surface area contributed by atoms with Gasteiger partial charge in [0.15, 0.2) is 5.84 Å². The first-order chi connectivity index (χ1) is 32.7. The third-order valence-electron chi connectivity index (χ3n) is 13.7. The zero-order valence-electron chi connectivity index (χ0n) is 35.7. The molecule has 11 aromatic carbocycles. The van der Waals surface area contributed by atoms with Gasteiger partial charge in [0, 0.05) is 43.9 Å². The van der Waals surface area contributed by atoms with Gasteiger partial charge in [-0.3, -0.25) is 0 Å². The van der Waals surface area contributed by atoms with E-state index in [4.69, 9.17) is 9.98 Å². The number of amidine groups is 2. The Balaban J connectivity index is 0.971. The molecule has 0 saturated heterocycles. The van der Waals surface area contributed by atoms with Crippen molar-refractivity contribution in [1.82, 2.24) is 14.5 Å². The van der Waals surface area contributed by atoms with Gasteiger partial charge in [0.2, 0.25) is 0 Å². The fraction of sp³-hybridized carbons (Fsp3) is 0.0164. The number of nitrogens with zero attached hydrogens (tertiary/aromatic N) is 4. The molecule has 0 fully saturated rings. The van der Waals surface area contributed by atoms with Gasteiger partial charge in [0.05, 0.1) is 27.8 Å². The molecule has 1 unspecified atom stereocenters. The summed E-state index contributed by atoms with van der Waals surface area (Å²) in [5, 5.41) is 18.5. The molecule has 0 bridgehead atoms. The van der Waals surface area contributed by atoms with Gasteiger partial charge in [-0.2, -0.15) is 0 Å². The third kappa shape index (κ3) is 5.60. The van der Waals surface area contributed by atoms with E-state index in [0.29, 0.717) is 5.84 Å². The normalized spacial score (nSPS) is 14.2. The summed E-state index contributed by atoms with van der Waals surface area (Å²) in [7, 11) is 0. The number of para-hydroxylation sites is 2. The molecule has 0 aliphatic carbocycles. The Hall–Kier alpha value is -8.80. The van der Waals surface area contributed by atoms with Crippen molar-refractivity contribution in [3.8, 4) is 11.4 Å². The van der Waals surface area contributed by atoms with Crippen LogP contribution in [0.15, 0.2) is 234 Å². The SMILES string of the molecule is c1ccc(C2=NC(c3ccccc3-n3c4ccc(-n5c6ccccc6c6c7ccccc7ccc65)cc4c4cc5ccccc5cc43)NC(c3ccc4c(ccc5ccccc54)c3)=N2)cc1. The van der Waals surface area contributed by atoms with Crippen LogP contribution in [0.5, 0.6) is 0 Å². The highest BCUT2D eigenvalue weighted by molar-refractivity contribution is 6.22. The fourth-order valence-corrected chi connectivity index (χ4v) is 10.7. The standard InChI is InChI=1S/C61H39N5/c1-2-16-40(17-3-1)59-62-60(44-28-31-47-43(34-44)27-26-38-14-6-8-20-46(38)47)64-61(63-59)50-23-11-13-25-54(50)66-55-33-30-45(37-52(55)51-35-41-18-4-5-19-42(41)36-57(51)66)65-53-24-12-10-22-49(53)58-48-21-9-7-15-39(48)29-32-56(58)65/h1-37,61H,(H,62,63,64). The van der Waals surface area contributed by atoms with E-state index in [1.165, 1.54) is 75.7 Å². The molecule has 1 N–H and O–H groups in total. The molecule has 1 aliphatic heterocycles. The summed E-state index contributed by atoms with van der Waals surface area (Å²) in [6.45, 7) is 0. The van der Waals surface area contributed by atoms with E-state index < -0.39 is 6.17 Å². The van der Waals surface area contributed by atoms with Crippen molar-refractivity contribution in [1.29, 1.82) is 0 Å². The number of benzene rings is 11. The van der Waals surface area contributed by atoms with Crippen molar-refractivity contribution in [3.05, 3.63) is 241 Å².